The van der Waals surface area contributed by atoms with E-state index < -0.39 is 14.8 Å². The van der Waals surface area contributed by atoms with E-state index in [1.165, 1.54) is 6.42 Å². The number of rotatable bonds is 1. The van der Waals surface area contributed by atoms with Crippen molar-refractivity contribution in [3.05, 3.63) is 0 Å². The molecule has 0 saturated carbocycles. The van der Waals surface area contributed by atoms with Crippen LogP contribution in [0.15, 0.2) is 0 Å². The van der Waals surface area contributed by atoms with Gasteiger partial charge in [-0.15, -0.1) is 0 Å². The van der Waals surface area contributed by atoms with E-state index in [1.807, 2.05) is 0 Å². The van der Waals surface area contributed by atoms with Gasteiger partial charge in [-0.05, 0) is 40.0 Å². The lowest BCUT2D eigenvalue weighted by atomic mass is 10.1. The highest BCUT2D eigenvalue weighted by atomic mass is 32.2. The summed E-state index contributed by atoms with van der Waals surface area (Å²) < 4.78 is 25.7. The minimum atomic E-state index is -3.15. The topological polar surface area (TPSA) is 49.4 Å². The molecule has 2 unspecified atom stereocenters. The summed E-state index contributed by atoms with van der Waals surface area (Å²) in [6.45, 7) is 6.65. The van der Waals surface area contributed by atoms with Gasteiger partial charge in [0.05, 0.1) is 4.75 Å². The monoisotopic (exact) mass is 246 g/mol. The molecule has 0 amide bonds. The first-order chi connectivity index (χ1) is 7.30. The Bertz CT molecular complexity index is 359. The SMILES string of the molecule is CC(C)(C)S(=O)(=O)N1CCC2CCC(C1)N2. The van der Waals surface area contributed by atoms with Gasteiger partial charge in [0.25, 0.3) is 0 Å². The molecule has 0 aromatic heterocycles. The summed E-state index contributed by atoms with van der Waals surface area (Å²) in [6, 6.07) is 0.898. The van der Waals surface area contributed by atoms with Gasteiger partial charge in [0.2, 0.25) is 10.0 Å². The summed E-state index contributed by atoms with van der Waals surface area (Å²) in [4.78, 5) is 0. The maximum absolute atomic E-state index is 12.3. The van der Waals surface area contributed by atoms with E-state index >= 15 is 0 Å². The van der Waals surface area contributed by atoms with Crippen LogP contribution in [0.3, 0.4) is 0 Å². The van der Waals surface area contributed by atoms with Gasteiger partial charge < -0.3 is 5.32 Å². The van der Waals surface area contributed by atoms with Crippen molar-refractivity contribution in [3.8, 4) is 0 Å². The van der Waals surface area contributed by atoms with Crippen LogP contribution in [0.1, 0.15) is 40.0 Å². The Morgan fingerprint density at radius 2 is 1.75 bits per heavy atom. The Hall–Kier alpha value is -0.130. The Balaban J connectivity index is 2.17. The molecule has 0 spiro atoms. The molecule has 2 bridgehead atoms. The van der Waals surface area contributed by atoms with Gasteiger partial charge in [0.15, 0.2) is 0 Å². The van der Waals surface area contributed by atoms with Crippen molar-refractivity contribution < 1.29 is 8.42 Å². The average Bonchev–Trinajstić information content (AvgIpc) is 2.43. The number of sulfonamides is 1. The van der Waals surface area contributed by atoms with E-state index in [0.29, 0.717) is 25.2 Å². The minimum Gasteiger partial charge on any atom is -0.310 e. The van der Waals surface area contributed by atoms with E-state index in [4.69, 9.17) is 0 Å². The van der Waals surface area contributed by atoms with Crippen LogP contribution in [0.5, 0.6) is 0 Å². The standard InChI is InChI=1S/C11H22N2O2S/c1-11(2,3)16(14,15)13-7-6-9-4-5-10(8-13)12-9/h9-10,12H,4-8H2,1-3H3. The molecule has 5 heteroatoms. The van der Waals surface area contributed by atoms with Crippen molar-refractivity contribution >= 4 is 10.0 Å². The fourth-order valence-corrected chi connectivity index (χ4v) is 4.01. The largest absolute Gasteiger partial charge is 0.310 e. The first-order valence-corrected chi connectivity index (χ1v) is 7.50. The molecule has 2 aliphatic heterocycles. The van der Waals surface area contributed by atoms with Gasteiger partial charge in [0.1, 0.15) is 0 Å². The van der Waals surface area contributed by atoms with E-state index in [0.717, 1.165) is 12.8 Å². The molecule has 0 aromatic rings. The lowest BCUT2D eigenvalue weighted by Crippen LogP contribution is -2.46. The predicted octanol–water partition coefficient (Wildman–Crippen LogP) is 0.941. The molecule has 94 valence electrons. The average molecular weight is 246 g/mol. The molecule has 2 fully saturated rings. The Kier molecular flexibility index (Phi) is 3.05. The molecule has 4 nitrogen and oxygen atoms in total. The van der Waals surface area contributed by atoms with Gasteiger partial charge in [-0.1, -0.05) is 0 Å². The summed E-state index contributed by atoms with van der Waals surface area (Å²) in [6.07, 6.45) is 3.26. The van der Waals surface area contributed by atoms with Crippen LogP contribution in [0.25, 0.3) is 0 Å². The third-order valence-corrected chi connectivity index (χ3v) is 6.16. The van der Waals surface area contributed by atoms with E-state index in [9.17, 15) is 8.42 Å². The Morgan fingerprint density at radius 3 is 2.38 bits per heavy atom. The highest BCUT2D eigenvalue weighted by Gasteiger charge is 2.39. The number of fused-ring (bicyclic) bond motifs is 2. The van der Waals surface area contributed by atoms with Gasteiger partial charge in [-0.2, -0.15) is 4.31 Å². The zero-order chi connectivity index (χ0) is 12.0. The van der Waals surface area contributed by atoms with Crippen LogP contribution in [0, 0.1) is 0 Å². The molecule has 1 N–H and O–H groups in total. The summed E-state index contributed by atoms with van der Waals surface area (Å²) in [7, 11) is -3.15. The Morgan fingerprint density at radius 1 is 1.12 bits per heavy atom. The normalized spacial score (nSPS) is 32.7. The molecular formula is C11H22N2O2S. The third kappa shape index (κ3) is 2.13. The summed E-state index contributed by atoms with van der Waals surface area (Å²) >= 11 is 0. The fourth-order valence-electron chi connectivity index (χ4n) is 2.52. The molecule has 2 atom stereocenters. The number of nitrogens with one attached hydrogen (secondary N) is 1. The van der Waals surface area contributed by atoms with E-state index in [1.54, 1.807) is 25.1 Å². The summed E-state index contributed by atoms with van der Waals surface area (Å²) in [5.74, 6) is 0. The van der Waals surface area contributed by atoms with Gasteiger partial charge in [-0.25, -0.2) is 8.42 Å². The first kappa shape index (κ1) is 12.3. The van der Waals surface area contributed by atoms with Gasteiger partial charge in [0, 0.05) is 25.2 Å². The second kappa shape index (κ2) is 3.96. The molecule has 16 heavy (non-hydrogen) atoms. The third-order valence-electron chi connectivity index (χ3n) is 3.60. The van der Waals surface area contributed by atoms with Crippen LogP contribution < -0.4 is 5.32 Å². The summed E-state index contributed by atoms with van der Waals surface area (Å²) in [5.41, 5.74) is 0. The van der Waals surface area contributed by atoms with Crippen LogP contribution in [0.4, 0.5) is 0 Å². The molecule has 2 aliphatic rings. The van der Waals surface area contributed by atoms with Crippen molar-refractivity contribution in [1.82, 2.24) is 9.62 Å². The molecule has 2 heterocycles. The molecular weight excluding hydrogens is 224 g/mol. The van der Waals surface area contributed by atoms with Crippen molar-refractivity contribution in [2.75, 3.05) is 13.1 Å². The number of nitrogens with zero attached hydrogens (tertiary/aromatic N) is 1. The van der Waals surface area contributed by atoms with Crippen LogP contribution in [-0.4, -0.2) is 42.6 Å². The van der Waals surface area contributed by atoms with E-state index in [-0.39, 0.29) is 0 Å². The van der Waals surface area contributed by atoms with Gasteiger partial charge in [-0.3, -0.25) is 0 Å². The zero-order valence-corrected chi connectivity index (χ0v) is 11.2. The van der Waals surface area contributed by atoms with Crippen molar-refractivity contribution in [1.29, 1.82) is 0 Å². The number of hydrogen-bond acceptors (Lipinski definition) is 3. The lowest BCUT2D eigenvalue weighted by molar-refractivity contribution is 0.370. The maximum atomic E-state index is 12.3. The van der Waals surface area contributed by atoms with Crippen LogP contribution in [-0.2, 0) is 10.0 Å². The Labute approximate surface area is 98.4 Å². The van der Waals surface area contributed by atoms with Crippen LogP contribution >= 0.6 is 0 Å². The highest BCUT2D eigenvalue weighted by Crippen LogP contribution is 2.26. The van der Waals surface area contributed by atoms with Crippen LogP contribution in [0.2, 0.25) is 0 Å². The first-order valence-electron chi connectivity index (χ1n) is 6.06. The molecule has 2 saturated heterocycles. The molecule has 0 aliphatic carbocycles. The number of hydrogen-bond donors (Lipinski definition) is 1. The maximum Gasteiger partial charge on any atom is 0.219 e. The zero-order valence-electron chi connectivity index (χ0n) is 10.4. The van der Waals surface area contributed by atoms with Gasteiger partial charge >= 0.3 is 0 Å². The second-order valence-corrected chi connectivity index (χ2v) is 8.59. The molecule has 0 aromatic carbocycles. The lowest BCUT2D eigenvalue weighted by Gasteiger charge is -2.30. The summed E-state index contributed by atoms with van der Waals surface area (Å²) in [5, 5.41) is 3.50. The van der Waals surface area contributed by atoms with Crippen molar-refractivity contribution in [2.45, 2.75) is 56.9 Å². The van der Waals surface area contributed by atoms with Crippen molar-refractivity contribution in [2.24, 2.45) is 0 Å². The van der Waals surface area contributed by atoms with E-state index in [2.05, 4.69) is 5.32 Å². The predicted molar refractivity (Wildman–Crippen MR) is 64.8 cm³/mol. The van der Waals surface area contributed by atoms with Crippen molar-refractivity contribution in [3.63, 3.8) is 0 Å². The minimum absolute atomic E-state index is 0.365. The smallest absolute Gasteiger partial charge is 0.219 e. The molecule has 2 rings (SSSR count). The molecule has 0 radical (unpaired) electrons. The second-order valence-electron chi connectivity index (χ2n) is 5.90. The quantitative estimate of drug-likeness (QED) is 0.749. The highest BCUT2D eigenvalue weighted by molar-refractivity contribution is 7.90. The fraction of sp³-hybridized carbons (Fsp3) is 1.00.